The Kier molecular flexibility index (Phi) is 7.52. The van der Waals surface area contributed by atoms with Gasteiger partial charge in [0.2, 0.25) is 5.91 Å². The molecule has 1 amide bonds. The number of nitrogens with zero attached hydrogens (tertiary/aromatic N) is 4. The van der Waals surface area contributed by atoms with Gasteiger partial charge in [-0.25, -0.2) is 0 Å². The summed E-state index contributed by atoms with van der Waals surface area (Å²) in [5.41, 5.74) is 3.40. The van der Waals surface area contributed by atoms with Crippen LogP contribution in [0.25, 0.3) is 11.4 Å². The molecule has 158 valence electrons. The number of aryl methyl sites for hydroxylation is 1. The third kappa shape index (κ3) is 5.21. The maximum Gasteiger partial charge on any atom is 0.233 e. The van der Waals surface area contributed by atoms with Crippen molar-refractivity contribution in [3.63, 3.8) is 0 Å². The van der Waals surface area contributed by atoms with Crippen molar-refractivity contribution in [1.29, 1.82) is 0 Å². The zero-order valence-corrected chi connectivity index (χ0v) is 18.8. The second-order valence-electron chi connectivity index (χ2n) is 6.99. The number of carbonyl (C=O) groups is 1. The monoisotopic (exact) mass is 424 g/mol. The van der Waals surface area contributed by atoms with Gasteiger partial charge in [-0.05, 0) is 48.7 Å². The van der Waals surface area contributed by atoms with Crippen molar-refractivity contribution in [3.8, 4) is 17.1 Å². The molecule has 7 heteroatoms. The van der Waals surface area contributed by atoms with E-state index < -0.39 is 0 Å². The Morgan fingerprint density at radius 1 is 1.03 bits per heavy atom. The van der Waals surface area contributed by atoms with Crippen LogP contribution in [0.3, 0.4) is 0 Å². The van der Waals surface area contributed by atoms with Crippen LogP contribution in [-0.2, 0) is 24.3 Å². The van der Waals surface area contributed by atoms with Crippen molar-refractivity contribution in [3.05, 3.63) is 59.7 Å². The van der Waals surface area contributed by atoms with Gasteiger partial charge in [0.25, 0.3) is 0 Å². The molecule has 0 spiro atoms. The van der Waals surface area contributed by atoms with E-state index in [0.717, 1.165) is 40.8 Å². The molecule has 1 aromatic heterocycles. The van der Waals surface area contributed by atoms with Crippen molar-refractivity contribution in [2.75, 3.05) is 19.9 Å². The van der Waals surface area contributed by atoms with Crippen molar-refractivity contribution in [1.82, 2.24) is 19.7 Å². The third-order valence-corrected chi connectivity index (χ3v) is 5.93. The van der Waals surface area contributed by atoms with E-state index in [1.165, 1.54) is 17.3 Å². The summed E-state index contributed by atoms with van der Waals surface area (Å²) in [5, 5.41) is 9.41. The first-order valence-corrected chi connectivity index (χ1v) is 11.1. The number of carbonyl (C=O) groups excluding carboxylic acids is 1. The van der Waals surface area contributed by atoms with Crippen LogP contribution in [0.4, 0.5) is 0 Å². The number of methoxy groups -OCH3 is 1. The Morgan fingerprint density at radius 3 is 2.30 bits per heavy atom. The van der Waals surface area contributed by atoms with Crippen molar-refractivity contribution >= 4 is 17.7 Å². The first kappa shape index (κ1) is 21.9. The van der Waals surface area contributed by atoms with Crippen molar-refractivity contribution in [2.45, 2.75) is 38.5 Å². The molecule has 3 rings (SSSR count). The summed E-state index contributed by atoms with van der Waals surface area (Å²) >= 11 is 1.42. The van der Waals surface area contributed by atoms with Gasteiger partial charge in [-0.2, -0.15) is 0 Å². The molecule has 0 bridgehead atoms. The number of hydrogen-bond acceptors (Lipinski definition) is 5. The molecule has 30 heavy (non-hydrogen) atoms. The predicted octanol–water partition coefficient (Wildman–Crippen LogP) is 4.29. The van der Waals surface area contributed by atoms with Crippen LogP contribution >= 0.6 is 11.8 Å². The van der Waals surface area contributed by atoms with Crippen LogP contribution in [0.2, 0.25) is 0 Å². The Labute approximate surface area is 182 Å². The zero-order valence-electron chi connectivity index (χ0n) is 18.0. The predicted molar refractivity (Wildman–Crippen MR) is 121 cm³/mol. The van der Waals surface area contributed by atoms with Gasteiger partial charge in [0, 0.05) is 25.7 Å². The van der Waals surface area contributed by atoms with Crippen LogP contribution < -0.4 is 4.74 Å². The Balaban J connectivity index is 1.62. The van der Waals surface area contributed by atoms with Gasteiger partial charge in [0.1, 0.15) is 5.75 Å². The molecule has 3 aromatic rings. The van der Waals surface area contributed by atoms with E-state index in [9.17, 15) is 4.79 Å². The lowest BCUT2D eigenvalue weighted by molar-refractivity contribution is -0.127. The first-order valence-electron chi connectivity index (χ1n) is 10.1. The Bertz CT molecular complexity index is 968. The number of amides is 1. The quantitative estimate of drug-likeness (QED) is 0.480. The Hall–Kier alpha value is -2.80. The number of benzene rings is 2. The fourth-order valence-electron chi connectivity index (χ4n) is 3.11. The standard InChI is InChI=1S/C23H28N4O2S/c1-5-17-7-9-18(10-8-17)15-26(3)21(28)16-30-23-25-24-22(27(23)6-2)19-11-13-20(29-4)14-12-19/h7-14H,5-6,15-16H2,1-4H3. The number of hydrogen-bond donors (Lipinski definition) is 0. The molecule has 0 aliphatic heterocycles. The average molecular weight is 425 g/mol. The van der Waals surface area contributed by atoms with Gasteiger partial charge in [-0.1, -0.05) is 43.0 Å². The van der Waals surface area contributed by atoms with Crippen LogP contribution in [0.1, 0.15) is 25.0 Å². The highest BCUT2D eigenvalue weighted by atomic mass is 32.2. The summed E-state index contributed by atoms with van der Waals surface area (Å²) in [6.45, 7) is 5.51. The molecule has 0 saturated carbocycles. The molecule has 2 aromatic carbocycles. The van der Waals surface area contributed by atoms with Crippen LogP contribution in [0.5, 0.6) is 5.75 Å². The normalized spacial score (nSPS) is 10.8. The minimum atomic E-state index is 0.0659. The van der Waals surface area contributed by atoms with Gasteiger partial charge in [-0.15, -0.1) is 10.2 Å². The second kappa shape index (κ2) is 10.3. The second-order valence-corrected chi connectivity index (χ2v) is 7.93. The maximum absolute atomic E-state index is 12.6. The summed E-state index contributed by atoms with van der Waals surface area (Å²) < 4.78 is 7.25. The fourth-order valence-corrected chi connectivity index (χ4v) is 4.06. The van der Waals surface area contributed by atoms with Crippen molar-refractivity contribution < 1.29 is 9.53 Å². The zero-order chi connectivity index (χ0) is 21.5. The largest absolute Gasteiger partial charge is 0.497 e. The first-order chi connectivity index (χ1) is 14.5. The highest BCUT2D eigenvalue weighted by Gasteiger charge is 2.16. The summed E-state index contributed by atoms with van der Waals surface area (Å²) in [6, 6.07) is 16.2. The van der Waals surface area contributed by atoms with Gasteiger partial charge < -0.3 is 14.2 Å². The van der Waals surface area contributed by atoms with Gasteiger partial charge in [-0.3, -0.25) is 4.79 Å². The average Bonchev–Trinajstić information content (AvgIpc) is 3.20. The number of aromatic nitrogens is 3. The molecular formula is C23H28N4O2S. The third-order valence-electron chi connectivity index (χ3n) is 4.98. The van der Waals surface area contributed by atoms with Gasteiger partial charge >= 0.3 is 0 Å². The minimum absolute atomic E-state index is 0.0659. The lowest BCUT2D eigenvalue weighted by atomic mass is 10.1. The molecule has 0 unspecified atom stereocenters. The van der Waals surface area contributed by atoms with E-state index >= 15 is 0 Å². The molecule has 0 aliphatic rings. The number of rotatable bonds is 9. The van der Waals surface area contributed by atoms with Gasteiger partial charge in [0.15, 0.2) is 11.0 Å². The van der Waals surface area contributed by atoms with E-state index in [1.807, 2.05) is 42.8 Å². The van der Waals surface area contributed by atoms with E-state index in [0.29, 0.717) is 12.3 Å². The summed E-state index contributed by atoms with van der Waals surface area (Å²) in [7, 11) is 3.48. The molecule has 6 nitrogen and oxygen atoms in total. The number of thioether (sulfide) groups is 1. The highest BCUT2D eigenvalue weighted by molar-refractivity contribution is 7.99. The lowest BCUT2D eigenvalue weighted by Crippen LogP contribution is -2.27. The fraction of sp³-hybridized carbons (Fsp3) is 0.348. The molecule has 0 N–H and O–H groups in total. The molecule has 0 radical (unpaired) electrons. The van der Waals surface area contributed by atoms with Gasteiger partial charge in [0.05, 0.1) is 12.9 Å². The van der Waals surface area contributed by atoms with Crippen LogP contribution in [0, 0.1) is 0 Å². The molecular weight excluding hydrogens is 396 g/mol. The van der Waals surface area contributed by atoms with E-state index in [-0.39, 0.29) is 5.91 Å². The molecule has 0 atom stereocenters. The SMILES string of the molecule is CCc1ccc(CN(C)C(=O)CSc2nnc(-c3ccc(OC)cc3)n2CC)cc1. The molecule has 0 aliphatic carbocycles. The maximum atomic E-state index is 12.6. The van der Waals surface area contributed by atoms with E-state index in [4.69, 9.17) is 4.74 Å². The lowest BCUT2D eigenvalue weighted by Gasteiger charge is -2.17. The van der Waals surface area contributed by atoms with Crippen LogP contribution in [0.15, 0.2) is 53.7 Å². The molecule has 0 saturated heterocycles. The van der Waals surface area contributed by atoms with Crippen molar-refractivity contribution in [2.24, 2.45) is 0 Å². The smallest absolute Gasteiger partial charge is 0.233 e. The van der Waals surface area contributed by atoms with E-state index in [1.54, 1.807) is 12.0 Å². The van der Waals surface area contributed by atoms with Crippen LogP contribution in [-0.4, -0.2) is 45.5 Å². The number of ether oxygens (including phenoxy) is 1. The summed E-state index contributed by atoms with van der Waals surface area (Å²) in [6.07, 6.45) is 1.02. The highest BCUT2D eigenvalue weighted by Crippen LogP contribution is 2.25. The summed E-state index contributed by atoms with van der Waals surface area (Å²) in [5.74, 6) is 1.98. The summed E-state index contributed by atoms with van der Waals surface area (Å²) in [4.78, 5) is 14.4. The van der Waals surface area contributed by atoms with E-state index in [2.05, 4.69) is 41.4 Å². The minimum Gasteiger partial charge on any atom is -0.497 e. The molecule has 0 fully saturated rings. The topological polar surface area (TPSA) is 60.3 Å². The Morgan fingerprint density at radius 2 is 1.70 bits per heavy atom. The molecule has 1 heterocycles.